The summed E-state index contributed by atoms with van der Waals surface area (Å²) in [5.41, 5.74) is 2.11. The van der Waals surface area contributed by atoms with Crippen LogP contribution in [0, 0.1) is 0 Å². The zero-order valence-electron chi connectivity index (χ0n) is 11.1. The fourth-order valence-electron chi connectivity index (χ4n) is 1.81. The molecule has 0 unspecified atom stereocenters. The average Bonchev–Trinajstić information content (AvgIpc) is 2.89. The highest BCUT2D eigenvalue weighted by Crippen LogP contribution is 2.19. The van der Waals surface area contributed by atoms with Crippen molar-refractivity contribution in [1.82, 2.24) is 19.6 Å². The van der Waals surface area contributed by atoms with Crippen LogP contribution in [0.25, 0.3) is 5.78 Å². The minimum absolute atomic E-state index is 0.482. The number of hydrogen-bond donors (Lipinski definition) is 0. The van der Waals surface area contributed by atoms with Gasteiger partial charge in [-0.2, -0.15) is 4.98 Å². The van der Waals surface area contributed by atoms with Crippen LogP contribution in [0.15, 0.2) is 47.8 Å². The summed E-state index contributed by atoms with van der Waals surface area (Å²) < 4.78 is 6.75. The summed E-state index contributed by atoms with van der Waals surface area (Å²) in [4.78, 5) is 8.81. The van der Waals surface area contributed by atoms with Crippen molar-refractivity contribution >= 4 is 17.5 Å². The van der Waals surface area contributed by atoms with Gasteiger partial charge in [-0.3, -0.25) is 0 Å². The van der Waals surface area contributed by atoms with Crippen molar-refractivity contribution in [3.63, 3.8) is 0 Å². The Bertz CT molecular complexity index is 699. The van der Waals surface area contributed by atoms with Crippen molar-refractivity contribution in [3.05, 3.63) is 53.9 Å². The Hall–Kier alpha value is -1.92. The van der Waals surface area contributed by atoms with Crippen LogP contribution < -0.4 is 0 Å². The summed E-state index contributed by atoms with van der Waals surface area (Å²) in [5.74, 6) is 1.46. The fraction of sp³-hybridized carbons (Fsp3) is 0.214. The molecule has 0 bridgehead atoms. The third-order valence-electron chi connectivity index (χ3n) is 2.75. The molecule has 102 valence electrons. The van der Waals surface area contributed by atoms with E-state index in [1.807, 2.05) is 30.5 Å². The van der Waals surface area contributed by atoms with E-state index in [2.05, 4.69) is 27.2 Å². The van der Waals surface area contributed by atoms with Crippen molar-refractivity contribution in [2.24, 2.45) is 0 Å². The molecule has 3 rings (SSSR count). The summed E-state index contributed by atoms with van der Waals surface area (Å²) in [6.45, 7) is 0.482. The molecule has 2 aromatic heterocycles. The second-order valence-corrected chi connectivity index (χ2v) is 5.21. The van der Waals surface area contributed by atoms with Crippen LogP contribution in [-0.2, 0) is 17.1 Å². The molecule has 0 spiro atoms. The minimum atomic E-state index is 0.482. The zero-order chi connectivity index (χ0) is 13.8. The molecule has 3 aromatic rings. The predicted molar refractivity (Wildman–Crippen MR) is 77.5 cm³/mol. The lowest BCUT2D eigenvalue weighted by Crippen LogP contribution is -1.96. The smallest absolute Gasteiger partial charge is 0.253 e. The van der Waals surface area contributed by atoms with E-state index < -0.39 is 0 Å². The minimum Gasteiger partial charge on any atom is -0.378 e. The topological polar surface area (TPSA) is 52.3 Å². The van der Waals surface area contributed by atoms with Gasteiger partial charge >= 0.3 is 0 Å². The van der Waals surface area contributed by atoms with Crippen molar-refractivity contribution in [3.8, 4) is 0 Å². The van der Waals surface area contributed by atoms with Gasteiger partial charge in [0.2, 0.25) is 5.16 Å². The second kappa shape index (κ2) is 6.02. The lowest BCUT2D eigenvalue weighted by atomic mass is 10.2. The standard InChI is InChI=1S/C14H14N4OS/c1-19-9-12-7-8-18-13(15-12)16-14(17-18)20-10-11-5-3-2-4-6-11/h2-8H,9-10H2,1H3. The first-order valence-electron chi connectivity index (χ1n) is 6.23. The molecule has 0 saturated heterocycles. The van der Waals surface area contributed by atoms with Crippen molar-refractivity contribution in [2.75, 3.05) is 7.11 Å². The first-order valence-corrected chi connectivity index (χ1v) is 7.21. The van der Waals surface area contributed by atoms with Crippen molar-refractivity contribution < 1.29 is 4.74 Å². The van der Waals surface area contributed by atoms with Gasteiger partial charge in [0.25, 0.3) is 5.78 Å². The highest BCUT2D eigenvalue weighted by molar-refractivity contribution is 7.98. The van der Waals surface area contributed by atoms with Crippen LogP contribution >= 0.6 is 11.8 Å². The zero-order valence-corrected chi connectivity index (χ0v) is 11.9. The largest absolute Gasteiger partial charge is 0.378 e. The van der Waals surface area contributed by atoms with Crippen LogP contribution in [0.3, 0.4) is 0 Å². The Balaban J connectivity index is 1.75. The van der Waals surface area contributed by atoms with E-state index in [4.69, 9.17) is 4.74 Å². The highest BCUT2D eigenvalue weighted by atomic mass is 32.2. The molecule has 0 amide bonds. The molecule has 6 heteroatoms. The van der Waals surface area contributed by atoms with Gasteiger partial charge in [-0.25, -0.2) is 9.50 Å². The maximum atomic E-state index is 5.06. The van der Waals surface area contributed by atoms with Crippen molar-refractivity contribution in [1.29, 1.82) is 0 Å². The van der Waals surface area contributed by atoms with E-state index >= 15 is 0 Å². The maximum absolute atomic E-state index is 5.06. The number of methoxy groups -OCH3 is 1. The molecule has 0 aliphatic heterocycles. The number of thioether (sulfide) groups is 1. The first-order chi connectivity index (χ1) is 9.85. The molecule has 0 aliphatic carbocycles. The molecule has 20 heavy (non-hydrogen) atoms. The van der Waals surface area contributed by atoms with Crippen LogP contribution in [0.4, 0.5) is 0 Å². The lowest BCUT2D eigenvalue weighted by Gasteiger charge is -1.97. The Morgan fingerprint density at radius 2 is 2.00 bits per heavy atom. The number of fused-ring (bicyclic) bond motifs is 1. The van der Waals surface area contributed by atoms with Gasteiger partial charge in [-0.15, -0.1) is 5.10 Å². The summed E-state index contributed by atoms with van der Waals surface area (Å²) in [5, 5.41) is 5.13. The number of nitrogens with zero attached hydrogens (tertiary/aromatic N) is 4. The third kappa shape index (κ3) is 2.97. The number of ether oxygens (including phenoxy) is 1. The van der Waals surface area contributed by atoms with Gasteiger partial charge in [0.15, 0.2) is 0 Å². The molecule has 0 N–H and O–H groups in total. The van der Waals surface area contributed by atoms with Gasteiger partial charge in [-0.05, 0) is 11.6 Å². The normalized spacial score (nSPS) is 11.1. The summed E-state index contributed by atoms with van der Waals surface area (Å²) in [7, 11) is 1.65. The SMILES string of the molecule is COCc1ccn2nc(SCc3ccccc3)nc2n1. The summed E-state index contributed by atoms with van der Waals surface area (Å²) in [6, 6.07) is 12.2. The Labute approximate surface area is 121 Å². The molecule has 0 fully saturated rings. The van der Waals surface area contributed by atoms with E-state index in [0.717, 1.165) is 16.6 Å². The van der Waals surface area contributed by atoms with Crippen LogP contribution in [0.1, 0.15) is 11.3 Å². The predicted octanol–water partition coefficient (Wildman–Crippen LogP) is 2.56. The highest BCUT2D eigenvalue weighted by Gasteiger charge is 2.06. The van der Waals surface area contributed by atoms with E-state index in [-0.39, 0.29) is 0 Å². The summed E-state index contributed by atoms with van der Waals surface area (Å²) in [6.07, 6.45) is 1.86. The van der Waals surface area contributed by atoms with E-state index in [0.29, 0.717) is 12.4 Å². The van der Waals surface area contributed by atoms with Crippen molar-refractivity contribution in [2.45, 2.75) is 17.5 Å². The van der Waals surface area contributed by atoms with E-state index in [1.165, 1.54) is 5.56 Å². The quantitative estimate of drug-likeness (QED) is 0.675. The average molecular weight is 286 g/mol. The van der Waals surface area contributed by atoms with E-state index in [1.54, 1.807) is 23.4 Å². The Morgan fingerprint density at radius 1 is 1.15 bits per heavy atom. The van der Waals surface area contributed by atoms with Crippen LogP contribution in [-0.4, -0.2) is 26.7 Å². The number of rotatable bonds is 5. The second-order valence-electron chi connectivity index (χ2n) is 4.27. The van der Waals surface area contributed by atoms with Crippen LogP contribution in [0.2, 0.25) is 0 Å². The molecule has 0 atom stereocenters. The molecule has 0 radical (unpaired) electrons. The monoisotopic (exact) mass is 286 g/mol. The molecular weight excluding hydrogens is 272 g/mol. The molecule has 5 nitrogen and oxygen atoms in total. The lowest BCUT2D eigenvalue weighted by molar-refractivity contribution is 0.181. The van der Waals surface area contributed by atoms with E-state index in [9.17, 15) is 0 Å². The number of aromatic nitrogens is 4. The van der Waals surface area contributed by atoms with Gasteiger partial charge in [0.1, 0.15) is 0 Å². The van der Waals surface area contributed by atoms with Gasteiger partial charge in [0.05, 0.1) is 12.3 Å². The number of benzene rings is 1. The molecular formula is C14H14N4OS. The first kappa shape index (κ1) is 13.1. The molecule has 1 aromatic carbocycles. The van der Waals surface area contributed by atoms with Gasteiger partial charge in [-0.1, -0.05) is 42.1 Å². The van der Waals surface area contributed by atoms with Gasteiger partial charge in [0, 0.05) is 19.1 Å². The molecule has 0 aliphatic rings. The van der Waals surface area contributed by atoms with Crippen LogP contribution in [0.5, 0.6) is 0 Å². The summed E-state index contributed by atoms with van der Waals surface area (Å²) >= 11 is 1.60. The Morgan fingerprint density at radius 3 is 2.80 bits per heavy atom. The maximum Gasteiger partial charge on any atom is 0.253 e. The number of hydrogen-bond acceptors (Lipinski definition) is 5. The van der Waals surface area contributed by atoms with Gasteiger partial charge < -0.3 is 4.74 Å². The fourth-order valence-corrected chi connectivity index (χ4v) is 2.59. The molecule has 0 saturated carbocycles. The third-order valence-corrected chi connectivity index (χ3v) is 3.66. The molecule has 2 heterocycles. The Kier molecular flexibility index (Phi) is 3.94.